The van der Waals surface area contributed by atoms with Crippen LogP contribution >= 0.6 is 23.1 Å². The monoisotopic (exact) mass is 363 g/mol. The standard InChI is InChI=1S/C17H21N3O2S2/c1-11-8-13(3)14(9-12(11)2)15(21)10-23-17-19-18-16(24-17)20-4-6-22-7-5-20/h8-9H,4-7,10H2,1-3H3. The van der Waals surface area contributed by atoms with E-state index < -0.39 is 0 Å². The molecule has 1 aromatic heterocycles. The van der Waals surface area contributed by atoms with Gasteiger partial charge in [-0.2, -0.15) is 0 Å². The summed E-state index contributed by atoms with van der Waals surface area (Å²) < 4.78 is 6.19. The van der Waals surface area contributed by atoms with Gasteiger partial charge in [-0.05, 0) is 43.5 Å². The zero-order valence-electron chi connectivity index (χ0n) is 14.2. The third-order valence-corrected chi connectivity index (χ3v) is 6.26. The highest BCUT2D eigenvalue weighted by Gasteiger charge is 2.17. The molecule has 5 nitrogen and oxygen atoms in total. The van der Waals surface area contributed by atoms with Gasteiger partial charge in [0.1, 0.15) is 0 Å². The quantitative estimate of drug-likeness (QED) is 0.600. The molecule has 1 fully saturated rings. The number of Topliss-reactive ketones (excluding diaryl/α,β-unsaturated/α-hetero) is 1. The Morgan fingerprint density at radius 2 is 1.88 bits per heavy atom. The Labute approximate surface area is 150 Å². The fourth-order valence-electron chi connectivity index (χ4n) is 2.61. The van der Waals surface area contributed by atoms with Gasteiger partial charge in [-0.1, -0.05) is 29.2 Å². The minimum absolute atomic E-state index is 0.142. The number of morpholine rings is 1. The molecule has 0 unspecified atom stereocenters. The van der Waals surface area contributed by atoms with Gasteiger partial charge in [0, 0.05) is 18.7 Å². The van der Waals surface area contributed by atoms with Gasteiger partial charge in [0.25, 0.3) is 0 Å². The van der Waals surface area contributed by atoms with Crippen molar-refractivity contribution in [1.82, 2.24) is 10.2 Å². The maximum Gasteiger partial charge on any atom is 0.209 e. The number of carbonyl (C=O) groups is 1. The van der Waals surface area contributed by atoms with E-state index >= 15 is 0 Å². The average molecular weight is 364 g/mol. The number of rotatable bonds is 5. The maximum atomic E-state index is 12.5. The number of anilines is 1. The molecule has 7 heteroatoms. The largest absolute Gasteiger partial charge is 0.378 e. The number of nitrogens with zero attached hydrogens (tertiary/aromatic N) is 3. The number of thioether (sulfide) groups is 1. The SMILES string of the molecule is Cc1cc(C)c(C(=O)CSc2nnc(N3CCOCC3)s2)cc1C. The molecule has 0 bridgehead atoms. The van der Waals surface area contributed by atoms with E-state index in [1.165, 1.54) is 17.3 Å². The zero-order valence-corrected chi connectivity index (χ0v) is 15.8. The molecule has 1 aromatic carbocycles. The molecule has 3 rings (SSSR count). The predicted molar refractivity (Wildman–Crippen MR) is 98.6 cm³/mol. The Morgan fingerprint density at radius 1 is 1.17 bits per heavy atom. The minimum atomic E-state index is 0.142. The Bertz CT molecular complexity index is 739. The molecule has 0 spiro atoms. The van der Waals surface area contributed by atoms with Crippen molar-refractivity contribution < 1.29 is 9.53 Å². The Kier molecular flexibility index (Phi) is 5.53. The van der Waals surface area contributed by atoms with Crippen molar-refractivity contribution in [2.24, 2.45) is 0 Å². The Hall–Kier alpha value is -1.44. The number of aromatic nitrogens is 2. The molecule has 128 valence electrons. The number of hydrogen-bond donors (Lipinski definition) is 0. The van der Waals surface area contributed by atoms with Gasteiger partial charge < -0.3 is 9.64 Å². The summed E-state index contributed by atoms with van der Waals surface area (Å²) in [7, 11) is 0. The van der Waals surface area contributed by atoms with Crippen LogP contribution in [0, 0.1) is 20.8 Å². The lowest BCUT2D eigenvalue weighted by Crippen LogP contribution is -2.36. The smallest absolute Gasteiger partial charge is 0.209 e. The second-order valence-corrected chi connectivity index (χ2v) is 8.09. The molecule has 1 aliphatic rings. The molecule has 0 N–H and O–H groups in total. The molecule has 0 amide bonds. The van der Waals surface area contributed by atoms with Crippen LogP contribution in [0.5, 0.6) is 0 Å². The van der Waals surface area contributed by atoms with Crippen molar-refractivity contribution in [3.63, 3.8) is 0 Å². The summed E-state index contributed by atoms with van der Waals surface area (Å²) in [6, 6.07) is 4.07. The number of benzene rings is 1. The first-order valence-electron chi connectivity index (χ1n) is 7.94. The normalized spacial score (nSPS) is 14.9. The van der Waals surface area contributed by atoms with Crippen molar-refractivity contribution in [3.05, 3.63) is 34.4 Å². The lowest BCUT2D eigenvalue weighted by atomic mass is 9.99. The van der Waals surface area contributed by atoms with Crippen LogP contribution in [0.3, 0.4) is 0 Å². The van der Waals surface area contributed by atoms with E-state index in [2.05, 4.69) is 28.1 Å². The second-order valence-electron chi connectivity index (χ2n) is 5.91. The molecule has 1 aliphatic heterocycles. The lowest BCUT2D eigenvalue weighted by Gasteiger charge is -2.25. The van der Waals surface area contributed by atoms with Crippen molar-refractivity contribution in [3.8, 4) is 0 Å². The Balaban J connectivity index is 1.62. The van der Waals surface area contributed by atoms with Gasteiger partial charge in [-0.3, -0.25) is 4.79 Å². The van der Waals surface area contributed by atoms with Crippen LogP contribution < -0.4 is 4.90 Å². The predicted octanol–water partition coefficient (Wildman–Crippen LogP) is 3.27. The van der Waals surface area contributed by atoms with Crippen LogP contribution in [0.4, 0.5) is 5.13 Å². The number of carbonyl (C=O) groups excluding carboxylic acids is 1. The maximum absolute atomic E-state index is 12.5. The third-order valence-electron chi connectivity index (χ3n) is 4.15. The van der Waals surface area contributed by atoms with Crippen LogP contribution in [0.1, 0.15) is 27.0 Å². The summed E-state index contributed by atoms with van der Waals surface area (Å²) in [5.41, 5.74) is 4.22. The summed E-state index contributed by atoms with van der Waals surface area (Å²) in [4.78, 5) is 14.7. The summed E-state index contributed by atoms with van der Waals surface area (Å²) in [5.74, 6) is 0.532. The zero-order chi connectivity index (χ0) is 17.1. The Morgan fingerprint density at radius 3 is 2.62 bits per heavy atom. The highest BCUT2D eigenvalue weighted by Crippen LogP contribution is 2.29. The summed E-state index contributed by atoms with van der Waals surface area (Å²) in [6.45, 7) is 9.25. The molecule has 1 saturated heterocycles. The molecule has 0 aliphatic carbocycles. The van der Waals surface area contributed by atoms with Crippen molar-refractivity contribution in [1.29, 1.82) is 0 Å². The van der Waals surface area contributed by atoms with Gasteiger partial charge in [-0.15, -0.1) is 10.2 Å². The van der Waals surface area contributed by atoms with Crippen LogP contribution in [-0.4, -0.2) is 48.0 Å². The van der Waals surface area contributed by atoms with E-state index in [9.17, 15) is 4.79 Å². The van der Waals surface area contributed by atoms with Crippen LogP contribution in [0.2, 0.25) is 0 Å². The molecule has 0 radical (unpaired) electrons. The van der Waals surface area contributed by atoms with Crippen molar-refractivity contribution in [2.45, 2.75) is 25.1 Å². The van der Waals surface area contributed by atoms with Gasteiger partial charge in [0.05, 0.1) is 19.0 Å². The van der Waals surface area contributed by atoms with E-state index in [-0.39, 0.29) is 5.78 Å². The van der Waals surface area contributed by atoms with Crippen LogP contribution in [0.15, 0.2) is 16.5 Å². The minimum Gasteiger partial charge on any atom is -0.378 e. The number of hydrogen-bond acceptors (Lipinski definition) is 7. The van der Waals surface area contributed by atoms with Crippen LogP contribution in [-0.2, 0) is 4.74 Å². The average Bonchev–Trinajstić information content (AvgIpc) is 3.06. The molecule has 24 heavy (non-hydrogen) atoms. The number of aryl methyl sites for hydroxylation is 3. The molecular weight excluding hydrogens is 342 g/mol. The molecule has 2 heterocycles. The third kappa shape index (κ3) is 3.96. The molecule has 0 atom stereocenters. The highest BCUT2D eigenvalue weighted by atomic mass is 32.2. The highest BCUT2D eigenvalue weighted by molar-refractivity contribution is 8.01. The fraction of sp³-hybridized carbons (Fsp3) is 0.471. The number of ether oxygens (including phenoxy) is 1. The van der Waals surface area contributed by atoms with Crippen molar-refractivity contribution >= 4 is 34.0 Å². The van der Waals surface area contributed by atoms with E-state index in [4.69, 9.17) is 4.74 Å². The van der Waals surface area contributed by atoms with E-state index in [1.54, 1.807) is 11.3 Å². The first kappa shape index (κ1) is 17.4. The van der Waals surface area contributed by atoms with E-state index in [0.29, 0.717) is 5.75 Å². The second kappa shape index (κ2) is 7.63. The molecule has 0 saturated carbocycles. The first-order chi connectivity index (χ1) is 11.5. The summed E-state index contributed by atoms with van der Waals surface area (Å²) in [6.07, 6.45) is 0. The van der Waals surface area contributed by atoms with Gasteiger partial charge in [0.15, 0.2) is 10.1 Å². The fourth-order valence-corrected chi connectivity index (χ4v) is 4.39. The molecule has 2 aromatic rings. The molecular formula is C17H21N3O2S2. The topological polar surface area (TPSA) is 55.3 Å². The first-order valence-corrected chi connectivity index (χ1v) is 9.75. The van der Waals surface area contributed by atoms with Gasteiger partial charge in [0.2, 0.25) is 5.13 Å². The van der Waals surface area contributed by atoms with Gasteiger partial charge >= 0.3 is 0 Å². The van der Waals surface area contributed by atoms with E-state index in [1.807, 2.05) is 19.9 Å². The van der Waals surface area contributed by atoms with Crippen LogP contribution in [0.25, 0.3) is 0 Å². The summed E-state index contributed by atoms with van der Waals surface area (Å²) >= 11 is 3.01. The van der Waals surface area contributed by atoms with Gasteiger partial charge in [-0.25, -0.2) is 0 Å². The summed E-state index contributed by atoms with van der Waals surface area (Å²) in [5, 5.41) is 9.36. The van der Waals surface area contributed by atoms with Crippen molar-refractivity contribution in [2.75, 3.05) is 37.0 Å². The van der Waals surface area contributed by atoms with E-state index in [0.717, 1.165) is 52.5 Å². The number of ketones is 1. The lowest BCUT2D eigenvalue weighted by molar-refractivity contribution is 0.102.